The second kappa shape index (κ2) is 8.17. The lowest BCUT2D eigenvalue weighted by atomic mass is 10.1. The summed E-state index contributed by atoms with van der Waals surface area (Å²) >= 11 is 0. The number of aromatic nitrogens is 2. The van der Waals surface area contributed by atoms with Crippen molar-refractivity contribution in [1.82, 2.24) is 9.78 Å². The number of hydrogen-bond donors (Lipinski definition) is 0. The van der Waals surface area contributed by atoms with Crippen LogP contribution in [0.15, 0.2) is 59.4 Å². The van der Waals surface area contributed by atoms with Gasteiger partial charge in [-0.3, -0.25) is 4.79 Å². The van der Waals surface area contributed by atoms with Crippen molar-refractivity contribution in [3.05, 3.63) is 65.0 Å². The molecule has 0 N–H and O–H groups in total. The molecular formula is C22H26N4O2. The van der Waals surface area contributed by atoms with Crippen molar-refractivity contribution in [2.45, 2.75) is 6.92 Å². The molecule has 0 fully saturated rings. The van der Waals surface area contributed by atoms with Gasteiger partial charge in [0.25, 0.3) is 5.56 Å². The minimum Gasteiger partial charge on any atom is -0.497 e. The van der Waals surface area contributed by atoms with E-state index in [2.05, 4.69) is 0 Å². The second-order valence-electron chi connectivity index (χ2n) is 6.76. The smallest absolute Gasteiger partial charge is 0.295 e. The molecular weight excluding hydrogens is 352 g/mol. The fraction of sp³-hybridized carbons (Fsp3) is 0.273. The van der Waals surface area contributed by atoms with Gasteiger partial charge in [0.2, 0.25) is 0 Å². The van der Waals surface area contributed by atoms with Gasteiger partial charge in [-0.05, 0) is 37.3 Å². The Kier molecular flexibility index (Phi) is 5.68. The topological polar surface area (TPSA) is 50.6 Å². The van der Waals surface area contributed by atoms with Gasteiger partial charge in [0.15, 0.2) is 0 Å². The molecule has 3 rings (SSSR count). The van der Waals surface area contributed by atoms with E-state index in [1.807, 2.05) is 92.5 Å². The van der Waals surface area contributed by atoms with Gasteiger partial charge in [-0.15, -0.1) is 0 Å². The van der Waals surface area contributed by atoms with Crippen LogP contribution in [0.5, 0.6) is 5.75 Å². The summed E-state index contributed by atoms with van der Waals surface area (Å²) in [5.41, 5.74) is 3.72. The SMILES string of the molecule is CCN(C)c1cc(-c2cccc(OC)c2)nn(-c2ccccc2N(C)C)c1=O. The molecule has 0 aliphatic carbocycles. The van der Waals surface area contributed by atoms with Crippen LogP contribution in [0.1, 0.15) is 6.92 Å². The Labute approximate surface area is 165 Å². The summed E-state index contributed by atoms with van der Waals surface area (Å²) in [6.07, 6.45) is 0. The van der Waals surface area contributed by atoms with Gasteiger partial charge in [-0.2, -0.15) is 9.78 Å². The van der Waals surface area contributed by atoms with Crippen molar-refractivity contribution in [1.29, 1.82) is 0 Å². The number of ether oxygens (including phenoxy) is 1. The van der Waals surface area contributed by atoms with Crippen LogP contribution in [0.25, 0.3) is 16.9 Å². The zero-order chi connectivity index (χ0) is 20.3. The normalized spacial score (nSPS) is 10.6. The van der Waals surface area contributed by atoms with Crippen LogP contribution in [0.2, 0.25) is 0 Å². The van der Waals surface area contributed by atoms with E-state index in [0.717, 1.165) is 22.7 Å². The Hall–Kier alpha value is -3.28. The predicted molar refractivity (Wildman–Crippen MR) is 115 cm³/mol. The molecule has 146 valence electrons. The van der Waals surface area contributed by atoms with Gasteiger partial charge in [0.05, 0.1) is 24.2 Å². The van der Waals surface area contributed by atoms with Crippen molar-refractivity contribution >= 4 is 11.4 Å². The molecule has 0 aliphatic heterocycles. The Morgan fingerprint density at radius 2 is 1.75 bits per heavy atom. The van der Waals surface area contributed by atoms with E-state index in [1.54, 1.807) is 7.11 Å². The third-order valence-corrected chi connectivity index (χ3v) is 4.74. The maximum absolute atomic E-state index is 13.3. The quantitative estimate of drug-likeness (QED) is 0.658. The van der Waals surface area contributed by atoms with Crippen molar-refractivity contribution in [3.8, 4) is 22.7 Å². The molecule has 0 radical (unpaired) electrons. The molecule has 0 amide bonds. The summed E-state index contributed by atoms with van der Waals surface area (Å²) < 4.78 is 6.84. The number of benzene rings is 2. The summed E-state index contributed by atoms with van der Waals surface area (Å²) in [7, 11) is 7.45. The average Bonchev–Trinajstić information content (AvgIpc) is 2.73. The van der Waals surface area contributed by atoms with Gasteiger partial charge in [-0.25, -0.2) is 0 Å². The van der Waals surface area contributed by atoms with Gasteiger partial charge in [0, 0.05) is 33.3 Å². The zero-order valence-corrected chi connectivity index (χ0v) is 17.0. The van der Waals surface area contributed by atoms with Crippen molar-refractivity contribution < 1.29 is 4.74 Å². The molecule has 0 unspecified atom stereocenters. The average molecular weight is 378 g/mol. The number of anilines is 2. The van der Waals surface area contributed by atoms with Crippen LogP contribution in [-0.2, 0) is 0 Å². The molecule has 6 nitrogen and oxygen atoms in total. The van der Waals surface area contributed by atoms with E-state index in [-0.39, 0.29) is 5.56 Å². The molecule has 1 heterocycles. The van der Waals surface area contributed by atoms with Crippen LogP contribution in [0.4, 0.5) is 11.4 Å². The minimum absolute atomic E-state index is 0.148. The van der Waals surface area contributed by atoms with E-state index in [4.69, 9.17) is 9.84 Å². The van der Waals surface area contributed by atoms with E-state index in [9.17, 15) is 4.79 Å². The number of hydrogen-bond acceptors (Lipinski definition) is 5. The van der Waals surface area contributed by atoms with Crippen molar-refractivity contribution in [2.24, 2.45) is 0 Å². The maximum Gasteiger partial charge on any atom is 0.295 e. The monoisotopic (exact) mass is 378 g/mol. The summed E-state index contributed by atoms with van der Waals surface area (Å²) in [6, 6.07) is 17.3. The minimum atomic E-state index is -0.148. The van der Waals surface area contributed by atoms with E-state index < -0.39 is 0 Å². The standard InChI is InChI=1S/C22H26N4O2/c1-6-25(4)21-15-18(16-10-9-11-17(14-16)28-5)23-26(22(21)27)20-13-8-7-12-19(20)24(2)3/h7-15H,6H2,1-5H3. The first-order valence-electron chi connectivity index (χ1n) is 9.23. The highest BCUT2D eigenvalue weighted by Crippen LogP contribution is 2.26. The fourth-order valence-corrected chi connectivity index (χ4v) is 3.03. The van der Waals surface area contributed by atoms with E-state index >= 15 is 0 Å². The fourth-order valence-electron chi connectivity index (χ4n) is 3.03. The Morgan fingerprint density at radius 1 is 1.00 bits per heavy atom. The Bertz CT molecular complexity index is 1030. The molecule has 0 bridgehead atoms. The van der Waals surface area contributed by atoms with E-state index in [0.29, 0.717) is 17.9 Å². The number of rotatable bonds is 6. The summed E-state index contributed by atoms with van der Waals surface area (Å²) in [5.74, 6) is 0.746. The molecule has 0 aliphatic rings. The molecule has 1 aromatic heterocycles. The van der Waals surface area contributed by atoms with Gasteiger partial charge in [0.1, 0.15) is 11.4 Å². The first kappa shape index (κ1) is 19.5. The molecule has 0 saturated heterocycles. The Balaban J connectivity index is 2.30. The first-order chi connectivity index (χ1) is 13.5. The summed E-state index contributed by atoms with van der Waals surface area (Å²) in [5, 5.41) is 4.70. The highest BCUT2D eigenvalue weighted by atomic mass is 16.5. The van der Waals surface area contributed by atoms with E-state index in [1.165, 1.54) is 4.68 Å². The van der Waals surface area contributed by atoms with Crippen LogP contribution in [-0.4, -0.2) is 44.6 Å². The predicted octanol–water partition coefficient (Wildman–Crippen LogP) is 3.43. The highest BCUT2D eigenvalue weighted by Gasteiger charge is 2.16. The van der Waals surface area contributed by atoms with Gasteiger partial charge in [-0.1, -0.05) is 24.3 Å². The molecule has 0 spiro atoms. The summed E-state index contributed by atoms with van der Waals surface area (Å²) in [4.78, 5) is 17.2. The van der Waals surface area contributed by atoms with Crippen molar-refractivity contribution in [3.63, 3.8) is 0 Å². The number of nitrogens with zero attached hydrogens (tertiary/aromatic N) is 4. The van der Waals surface area contributed by atoms with Crippen LogP contribution < -0.4 is 20.1 Å². The third-order valence-electron chi connectivity index (χ3n) is 4.74. The van der Waals surface area contributed by atoms with Gasteiger partial charge < -0.3 is 14.5 Å². The molecule has 6 heteroatoms. The van der Waals surface area contributed by atoms with Crippen LogP contribution in [0.3, 0.4) is 0 Å². The number of para-hydroxylation sites is 2. The highest BCUT2D eigenvalue weighted by molar-refractivity contribution is 5.67. The molecule has 3 aromatic rings. The van der Waals surface area contributed by atoms with Crippen LogP contribution >= 0.6 is 0 Å². The third kappa shape index (κ3) is 3.71. The molecule has 2 aromatic carbocycles. The lowest BCUT2D eigenvalue weighted by Crippen LogP contribution is -2.31. The first-order valence-corrected chi connectivity index (χ1v) is 9.23. The number of methoxy groups -OCH3 is 1. The molecule has 28 heavy (non-hydrogen) atoms. The molecule has 0 atom stereocenters. The molecule has 0 saturated carbocycles. The maximum atomic E-state index is 13.3. The Morgan fingerprint density at radius 3 is 2.43 bits per heavy atom. The lowest BCUT2D eigenvalue weighted by Gasteiger charge is -2.21. The second-order valence-corrected chi connectivity index (χ2v) is 6.76. The van der Waals surface area contributed by atoms with Gasteiger partial charge >= 0.3 is 0 Å². The van der Waals surface area contributed by atoms with Crippen LogP contribution in [0, 0.1) is 0 Å². The zero-order valence-electron chi connectivity index (χ0n) is 17.0. The summed E-state index contributed by atoms with van der Waals surface area (Å²) in [6.45, 7) is 2.73. The largest absolute Gasteiger partial charge is 0.497 e. The van der Waals surface area contributed by atoms with Crippen molar-refractivity contribution in [2.75, 3.05) is 44.6 Å². The lowest BCUT2D eigenvalue weighted by molar-refractivity contribution is 0.415.